The summed E-state index contributed by atoms with van der Waals surface area (Å²) in [7, 11) is 0. The summed E-state index contributed by atoms with van der Waals surface area (Å²) in [6.07, 6.45) is 2.53. The number of carboxylic acids is 1. The van der Waals surface area contributed by atoms with E-state index in [-0.39, 0.29) is 24.2 Å². The third kappa shape index (κ3) is 6.17. The molecular formula is C11H16F3NO3S. The second-order valence-electron chi connectivity index (χ2n) is 4.40. The molecule has 1 saturated heterocycles. The van der Waals surface area contributed by atoms with E-state index in [9.17, 15) is 22.8 Å². The SMILES string of the molecule is O=C(O)CCC1CCCCN1C(=O)CSC(F)(F)F. The number of likely N-dealkylation sites (tertiary alicyclic amines) is 1. The number of carboxylic acid groups (broad SMARTS) is 1. The van der Waals surface area contributed by atoms with Crippen LogP contribution in [0.15, 0.2) is 0 Å². The molecule has 19 heavy (non-hydrogen) atoms. The van der Waals surface area contributed by atoms with Gasteiger partial charge in [0.25, 0.3) is 0 Å². The molecule has 8 heteroatoms. The van der Waals surface area contributed by atoms with Crippen LogP contribution in [0, 0.1) is 0 Å². The first-order chi connectivity index (χ1) is 8.79. The van der Waals surface area contributed by atoms with Crippen LogP contribution in [0.1, 0.15) is 32.1 Å². The summed E-state index contributed by atoms with van der Waals surface area (Å²) < 4.78 is 36.1. The van der Waals surface area contributed by atoms with Crippen LogP contribution in [0.3, 0.4) is 0 Å². The standard InChI is InChI=1S/C11H16F3NO3S/c12-11(13,14)19-7-9(16)15-6-2-1-3-8(15)4-5-10(17)18/h8H,1-7H2,(H,17,18). The van der Waals surface area contributed by atoms with Gasteiger partial charge in [-0.3, -0.25) is 9.59 Å². The fraction of sp³-hybridized carbons (Fsp3) is 0.818. The molecule has 4 nitrogen and oxygen atoms in total. The maximum Gasteiger partial charge on any atom is 0.442 e. The van der Waals surface area contributed by atoms with E-state index in [0.29, 0.717) is 19.4 Å². The predicted molar refractivity (Wildman–Crippen MR) is 64.7 cm³/mol. The minimum absolute atomic E-state index is 0.0686. The number of amides is 1. The van der Waals surface area contributed by atoms with Crippen molar-refractivity contribution >= 4 is 23.6 Å². The molecule has 0 aromatic heterocycles. The summed E-state index contributed by atoms with van der Waals surface area (Å²) in [5.74, 6) is -2.15. The van der Waals surface area contributed by atoms with Crippen molar-refractivity contribution in [2.45, 2.75) is 43.7 Å². The first-order valence-corrected chi connectivity index (χ1v) is 7.00. The molecule has 110 valence electrons. The summed E-state index contributed by atoms with van der Waals surface area (Å²) in [5, 5.41) is 8.62. The van der Waals surface area contributed by atoms with Gasteiger partial charge in [0.05, 0.1) is 5.75 Å². The molecule has 1 amide bonds. The summed E-state index contributed by atoms with van der Waals surface area (Å²) in [6, 6.07) is -0.244. The van der Waals surface area contributed by atoms with Gasteiger partial charge in [-0.25, -0.2) is 0 Å². The van der Waals surface area contributed by atoms with Crippen molar-refractivity contribution in [2.75, 3.05) is 12.3 Å². The van der Waals surface area contributed by atoms with Gasteiger partial charge in [0.15, 0.2) is 0 Å². The van der Waals surface area contributed by atoms with Crippen LogP contribution in [0.4, 0.5) is 13.2 Å². The van der Waals surface area contributed by atoms with Crippen molar-refractivity contribution in [1.82, 2.24) is 4.90 Å². The van der Waals surface area contributed by atoms with Gasteiger partial charge >= 0.3 is 11.5 Å². The summed E-state index contributed by atoms with van der Waals surface area (Å²) >= 11 is -0.346. The van der Waals surface area contributed by atoms with Crippen molar-refractivity contribution in [2.24, 2.45) is 0 Å². The number of thioether (sulfide) groups is 1. The predicted octanol–water partition coefficient (Wildman–Crippen LogP) is 2.49. The molecule has 1 rings (SSSR count). The lowest BCUT2D eigenvalue weighted by molar-refractivity contribution is -0.139. The van der Waals surface area contributed by atoms with Crippen LogP contribution in [-0.2, 0) is 9.59 Å². The van der Waals surface area contributed by atoms with E-state index >= 15 is 0 Å². The monoisotopic (exact) mass is 299 g/mol. The quantitative estimate of drug-likeness (QED) is 0.847. The second-order valence-corrected chi connectivity index (χ2v) is 5.44. The molecule has 1 atom stereocenters. The zero-order valence-corrected chi connectivity index (χ0v) is 11.1. The topological polar surface area (TPSA) is 57.6 Å². The van der Waals surface area contributed by atoms with Gasteiger partial charge in [-0.05, 0) is 37.4 Å². The fourth-order valence-electron chi connectivity index (χ4n) is 2.15. The zero-order valence-electron chi connectivity index (χ0n) is 10.3. The Morgan fingerprint density at radius 3 is 2.58 bits per heavy atom. The number of aliphatic carboxylic acids is 1. The minimum atomic E-state index is -4.41. The molecule has 0 aliphatic carbocycles. The van der Waals surface area contributed by atoms with Crippen LogP contribution in [0.25, 0.3) is 0 Å². The highest BCUT2D eigenvalue weighted by molar-refractivity contribution is 8.00. The highest BCUT2D eigenvalue weighted by atomic mass is 32.2. The molecule has 1 aliphatic heterocycles. The fourth-order valence-corrected chi connectivity index (χ4v) is 2.60. The second kappa shape index (κ2) is 7.02. The molecule has 1 N–H and O–H groups in total. The van der Waals surface area contributed by atoms with Crippen molar-refractivity contribution in [3.05, 3.63) is 0 Å². The Kier molecular flexibility index (Phi) is 5.96. The number of hydrogen-bond donors (Lipinski definition) is 1. The number of halogens is 3. The Balaban J connectivity index is 2.50. The number of hydrogen-bond acceptors (Lipinski definition) is 3. The molecule has 1 fully saturated rings. The van der Waals surface area contributed by atoms with E-state index in [1.165, 1.54) is 4.90 Å². The third-order valence-electron chi connectivity index (χ3n) is 3.00. The maximum absolute atomic E-state index is 12.0. The van der Waals surface area contributed by atoms with Gasteiger partial charge in [0.2, 0.25) is 5.91 Å². The molecule has 1 heterocycles. The minimum Gasteiger partial charge on any atom is -0.481 e. The smallest absolute Gasteiger partial charge is 0.442 e. The number of carbonyl (C=O) groups excluding carboxylic acids is 1. The maximum atomic E-state index is 12.0. The van der Waals surface area contributed by atoms with Gasteiger partial charge in [0, 0.05) is 19.0 Å². The molecule has 0 spiro atoms. The normalized spacial score (nSPS) is 20.4. The molecule has 0 radical (unpaired) electrons. The zero-order chi connectivity index (χ0) is 14.5. The highest BCUT2D eigenvalue weighted by Crippen LogP contribution is 2.31. The first kappa shape index (κ1) is 16.1. The number of rotatable bonds is 5. The van der Waals surface area contributed by atoms with E-state index < -0.39 is 23.1 Å². The summed E-state index contributed by atoms with van der Waals surface area (Å²) in [4.78, 5) is 23.7. The van der Waals surface area contributed by atoms with Crippen LogP contribution in [-0.4, -0.2) is 45.7 Å². The number of nitrogens with zero attached hydrogens (tertiary/aromatic N) is 1. The molecule has 1 aliphatic rings. The van der Waals surface area contributed by atoms with E-state index in [0.717, 1.165) is 12.8 Å². The third-order valence-corrected chi connectivity index (χ3v) is 3.72. The van der Waals surface area contributed by atoms with Crippen molar-refractivity contribution in [1.29, 1.82) is 0 Å². The molecule has 1 unspecified atom stereocenters. The summed E-state index contributed by atoms with van der Waals surface area (Å²) in [6.45, 7) is 0.418. The average molecular weight is 299 g/mol. The Morgan fingerprint density at radius 2 is 2.00 bits per heavy atom. The van der Waals surface area contributed by atoms with Crippen LogP contribution < -0.4 is 0 Å². The van der Waals surface area contributed by atoms with E-state index in [1.807, 2.05) is 0 Å². The average Bonchev–Trinajstić information content (AvgIpc) is 2.33. The van der Waals surface area contributed by atoms with Gasteiger partial charge in [-0.1, -0.05) is 0 Å². The van der Waals surface area contributed by atoms with Gasteiger partial charge in [-0.2, -0.15) is 13.2 Å². The van der Waals surface area contributed by atoms with Gasteiger partial charge < -0.3 is 10.0 Å². The lowest BCUT2D eigenvalue weighted by Crippen LogP contribution is -2.45. The molecule has 0 bridgehead atoms. The Bertz CT molecular complexity index is 336. The van der Waals surface area contributed by atoms with E-state index in [1.54, 1.807) is 0 Å². The van der Waals surface area contributed by atoms with E-state index in [4.69, 9.17) is 5.11 Å². The molecule has 0 aromatic rings. The van der Waals surface area contributed by atoms with Gasteiger partial charge in [0.1, 0.15) is 0 Å². The summed E-state index contributed by atoms with van der Waals surface area (Å²) in [5.41, 5.74) is -4.41. The van der Waals surface area contributed by atoms with Crippen LogP contribution in [0.2, 0.25) is 0 Å². The van der Waals surface area contributed by atoms with E-state index in [2.05, 4.69) is 0 Å². The van der Waals surface area contributed by atoms with Gasteiger partial charge in [-0.15, -0.1) is 0 Å². The first-order valence-electron chi connectivity index (χ1n) is 6.01. The number of carbonyl (C=O) groups is 2. The van der Waals surface area contributed by atoms with Crippen molar-refractivity contribution in [3.8, 4) is 0 Å². The van der Waals surface area contributed by atoms with Crippen LogP contribution in [0.5, 0.6) is 0 Å². The highest BCUT2D eigenvalue weighted by Gasteiger charge is 2.32. The van der Waals surface area contributed by atoms with Crippen molar-refractivity contribution in [3.63, 3.8) is 0 Å². The lowest BCUT2D eigenvalue weighted by Gasteiger charge is -2.35. The molecule has 0 aromatic carbocycles. The van der Waals surface area contributed by atoms with Crippen molar-refractivity contribution < 1.29 is 27.9 Å². The number of piperidine rings is 1. The molecular weight excluding hydrogens is 283 g/mol. The Morgan fingerprint density at radius 1 is 1.32 bits per heavy atom. The number of alkyl halides is 3. The molecule has 0 saturated carbocycles. The largest absolute Gasteiger partial charge is 0.481 e. The Labute approximate surface area is 113 Å². The Hall–Kier alpha value is -0.920. The van der Waals surface area contributed by atoms with Crippen LogP contribution >= 0.6 is 11.8 Å². The lowest BCUT2D eigenvalue weighted by atomic mass is 9.98.